The van der Waals surface area contributed by atoms with Crippen LogP contribution in [0.3, 0.4) is 0 Å². The van der Waals surface area contributed by atoms with E-state index < -0.39 is 0 Å². The number of aromatic nitrogens is 1. The van der Waals surface area contributed by atoms with Gasteiger partial charge in [0.2, 0.25) is 0 Å². The van der Waals surface area contributed by atoms with Crippen molar-refractivity contribution in [2.75, 3.05) is 40.3 Å². The molecule has 0 amide bonds. The van der Waals surface area contributed by atoms with Crippen LogP contribution in [0.2, 0.25) is 0 Å². The lowest BCUT2D eigenvalue weighted by Gasteiger charge is -2.20. The lowest BCUT2D eigenvalue weighted by atomic mass is 10.1. The fraction of sp³-hybridized carbons (Fsp3) is 0.783. The Balaban J connectivity index is -0.000000267. The van der Waals surface area contributed by atoms with Gasteiger partial charge in [0.1, 0.15) is 7.05 Å². The van der Waals surface area contributed by atoms with E-state index in [0.29, 0.717) is 0 Å². The highest BCUT2D eigenvalue weighted by Crippen LogP contribution is 2.04. The number of hydrogen-bond donors (Lipinski definition) is 0. The maximum absolute atomic E-state index is 2.39. The first-order valence-corrected chi connectivity index (χ1v) is 11.0. The molecule has 2 fully saturated rings. The van der Waals surface area contributed by atoms with Crippen LogP contribution in [-0.4, -0.2) is 50.1 Å². The Morgan fingerprint density at radius 3 is 1.00 bits per heavy atom. The van der Waals surface area contributed by atoms with Crippen molar-refractivity contribution in [1.82, 2.24) is 9.80 Å². The summed E-state index contributed by atoms with van der Waals surface area (Å²) in [6.07, 6.45) is 11.1. The quantitative estimate of drug-likeness (QED) is 0.567. The molecule has 0 N–H and O–H groups in total. The molecule has 3 rings (SSSR count). The van der Waals surface area contributed by atoms with Crippen LogP contribution in [0.25, 0.3) is 0 Å². The predicted octanol–water partition coefficient (Wildman–Crippen LogP) is 5.40. The van der Waals surface area contributed by atoms with Gasteiger partial charge in [-0.15, -0.1) is 0 Å². The first-order valence-electron chi connectivity index (χ1n) is 11.0. The number of hydrogen-bond acceptors (Lipinski definition) is 2. The van der Waals surface area contributed by atoms with Gasteiger partial charge in [0.15, 0.2) is 12.4 Å². The zero-order valence-corrected chi connectivity index (χ0v) is 19.6. The highest BCUT2D eigenvalue weighted by molar-refractivity contribution is 4.83. The number of aryl methyl sites for hydroxylation is 1. The van der Waals surface area contributed by atoms with Crippen LogP contribution in [0, 0.1) is 0 Å². The molecule has 1 aromatic rings. The largest absolute Gasteiger partial charge is 0.306 e. The zero-order valence-electron chi connectivity index (χ0n) is 19.6. The summed E-state index contributed by atoms with van der Waals surface area (Å²) in [5.74, 6) is 0. The fourth-order valence-electron chi connectivity index (χ4n) is 2.41. The highest BCUT2D eigenvalue weighted by Gasteiger charge is 2.03. The van der Waals surface area contributed by atoms with E-state index in [0.717, 1.165) is 0 Å². The molecule has 26 heavy (non-hydrogen) atoms. The molecule has 0 atom stereocenters. The Morgan fingerprint density at radius 2 is 0.846 bits per heavy atom. The second-order valence-corrected chi connectivity index (χ2v) is 5.92. The molecule has 0 bridgehead atoms. The molecule has 2 saturated heterocycles. The number of piperidine rings is 1. The van der Waals surface area contributed by atoms with Crippen molar-refractivity contribution in [1.29, 1.82) is 0 Å². The molecule has 0 aromatic carbocycles. The lowest BCUT2D eigenvalue weighted by Crippen LogP contribution is -2.25. The van der Waals surface area contributed by atoms with Gasteiger partial charge in [0.05, 0.1) is 0 Å². The molecule has 156 valence electrons. The van der Waals surface area contributed by atoms with Crippen molar-refractivity contribution in [3.63, 3.8) is 0 Å². The molecule has 3 nitrogen and oxygen atoms in total. The second-order valence-electron chi connectivity index (χ2n) is 5.92. The Morgan fingerprint density at radius 1 is 0.538 bits per heavy atom. The zero-order chi connectivity index (χ0) is 20.6. The number of pyridine rings is 1. The third kappa shape index (κ3) is 23.1. The predicted molar refractivity (Wildman–Crippen MR) is 120 cm³/mol. The van der Waals surface area contributed by atoms with Gasteiger partial charge in [-0.1, -0.05) is 54.0 Å². The van der Waals surface area contributed by atoms with E-state index in [1.54, 1.807) is 0 Å². The second kappa shape index (κ2) is 26.3. The molecule has 0 radical (unpaired) electrons. The summed E-state index contributed by atoms with van der Waals surface area (Å²) in [6, 6.07) is 6.00. The summed E-state index contributed by atoms with van der Waals surface area (Å²) in [5.41, 5.74) is 0. The van der Waals surface area contributed by atoms with Gasteiger partial charge < -0.3 is 9.80 Å². The smallest absolute Gasteiger partial charge is 0.168 e. The molecule has 0 unspecified atom stereocenters. The Hall–Kier alpha value is -0.930. The van der Waals surface area contributed by atoms with E-state index in [1.807, 2.05) is 83.7 Å². The maximum atomic E-state index is 2.39. The summed E-state index contributed by atoms with van der Waals surface area (Å²) >= 11 is 0. The maximum Gasteiger partial charge on any atom is 0.168 e. The van der Waals surface area contributed by atoms with Crippen LogP contribution in [0.15, 0.2) is 30.6 Å². The summed E-state index contributed by atoms with van der Waals surface area (Å²) in [6.45, 7) is 17.3. The van der Waals surface area contributed by atoms with Crippen molar-refractivity contribution in [3.8, 4) is 0 Å². The van der Waals surface area contributed by atoms with Gasteiger partial charge in [-0.05, 0) is 66.0 Å². The van der Waals surface area contributed by atoms with E-state index in [-0.39, 0.29) is 0 Å². The first-order chi connectivity index (χ1) is 12.7. The third-order valence-corrected chi connectivity index (χ3v) is 3.77. The molecular formula is C23H50N3+. The van der Waals surface area contributed by atoms with E-state index >= 15 is 0 Å². The normalized spacial score (nSPS) is 15.7. The van der Waals surface area contributed by atoms with E-state index in [9.17, 15) is 0 Å². The molecule has 3 heteroatoms. The molecular weight excluding hydrogens is 318 g/mol. The summed E-state index contributed by atoms with van der Waals surface area (Å²) in [4.78, 5) is 4.75. The minimum Gasteiger partial charge on any atom is -0.306 e. The van der Waals surface area contributed by atoms with Crippen molar-refractivity contribution >= 4 is 0 Å². The lowest BCUT2D eigenvalue weighted by molar-refractivity contribution is -0.671. The Labute approximate surface area is 166 Å². The van der Waals surface area contributed by atoms with Crippen LogP contribution in [-0.2, 0) is 7.05 Å². The Bertz CT molecular complexity index is 315. The summed E-state index contributed by atoms with van der Waals surface area (Å²) < 4.78 is 2.00. The summed E-state index contributed by atoms with van der Waals surface area (Å²) in [7, 11) is 6.37. The molecule has 2 aliphatic rings. The number of likely N-dealkylation sites (tertiary alicyclic amines) is 2. The SMILES string of the molecule is CC.CC.CC.CN1CCCC1.CN1CCCCC1.C[n+]1ccccc1. The number of rotatable bonds is 0. The molecule has 3 heterocycles. The average molecular weight is 369 g/mol. The fourth-order valence-corrected chi connectivity index (χ4v) is 2.41. The molecule has 0 saturated carbocycles. The van der Waals surface area contributed by atoms with Crippen molar-refractivity contribution in [2.24, 2.45) is 7.05 Å². The van der Waals surface area contributed by atoms with Gasteiger partial charge in [-0.2, -0.15) is 0 Å². The monoisotopic (exact) mass is 368 g/mol. The van der Waals surface area contributed by atoms with Crippen molar-refractivity contribution in [3.05, 3.63) is 30.6 Å². The topological polar surface area (TPSA) is 10.4 Å². The van der Waals surface area contributed by atoms with Gasteiger partial charge in [0.25, 0.3) is 0 Å². The van der Waals surface area contributed by atoms with Crippen LogP contribution in [0.4, 0.5) is 0 Å². The van der Waals surface area contributed by atoms with Gasteiger partial charge in [-0.3, -0.25) is 0 Å². The van der Waals surface area contributed by atoms with E-state index in [1.165, 1.54) is 58.3 Å². The van der Waals surface area contributed by atoms with Crippen LogP contribution in [0.1, 0.15) is 73.6 Å². The van der Waals surface area contributed by atoms with Crippen LogP contribution in [0.5, 0.6) is 0 Å². The van der Waals surface area contributed by atoms with Crippen LogP contribution < -0.4 is 4.57 Å². The summed E-state index contributed by atoms with van der Waals surface area (Å²) in [5, 5.41) is 0. The van der Waals surface area contributed by atoms with Crippen molar-refractivity contribution in [2.45, 2.75) is 73.6 Å². The number of nitrogens with zero attached hydrogens (tertiary/aromatic N) is 3. The van der Waals surface area contributed by atoms with Crippen molar-refractivity contribution < 1.29 is 4.57 Å². The molecule has 0 spiro atoms. The Kier molecular flexibility index (Phi) is 30.2. The first kappa shape index (κ1) is 29.8. The molecule has 2 aliphatic heterocycles. The third-order valence-electron chi connectivity index (χ3n) is 3.77. The van der Waals surface area contributed by atoms with E-state index in [4.69, 9.17) is 0 Å². The van der Waals surface area contributed by atoms with Gasteiger partial charge >= 0.3 is 0 Å². The standard InChI is InChI=1S/C6H13N.C6H8N.C5H11N.3C2H6/c2*1-7-5-3-2-4-6-7;1-6-4-2-3-5-6;3*1-2/h2-6H2,1H3;2-6H,1H3;2-5H2,1H3;3*1-2H3/q;+1;;;;. The van der Waals surface area contributed by atoms with Crippen LogP contribution >= 0.6 is 0 Å². The van der Waals surface area contributed by atoms with E-state index in [2.05, 4.69) is 23.9 Å². The minimum atomic E-state index is 1.32. The van der Waals surface area contributed by atoms with Gasteiger partial charge in [-0.25, -0.2) is 4.57 Å². The molecule has 0 aliphatic carbocycles. The van der Waals surface area contributed by atoms with Gasteiger partial charge in [0, 0.05) is 12.1 Å². The minimum absolute atomic E-state index is 1.32. The highest BCUT2D eigenvalue weighted by atomic mass is 15.1. The average Bonchev–Trinajstić information content (AvgIpc) is 3.20. The molecule has 1 aromatic heterocycles.